The van der Waals surface area contributed by atoms with Gasteiger partial charge >= 0.3 is 6.09 Å². The van der Waals surface area contributed by atoms with Crippen molar-refractivity contribution in [3.63, 3.8) is 0 Å². The molecule has 0 aromatic heterocycles. The lowest BCUT2D eigenvalue weighted by Crippen LogP contribution is -2.55. The van der Waals surface area contributed by atoms with E-state index in [4.69, 9.17) is 4.74 Å². The summed E-state index contributed by atoms with van der Waals surface area (Å²) in [5.41, 5.74) is 2.22. The number of nitrogens with one attached hydrogen (secondary N) is 1. The van der Waals surface area contributed by atoms with Gasteiger partial charge in [-0.3, -0.25) is 9.79 Å². The second-order valence-corrected chi connectivity index (χ2v) is 6.50. The maximum atomic E-state index is 12.6. The smallest absolute Gasteiger partial charge is 0.409 e. The van der Waals surface area contributed by atoms with Gasteiger partial charge in [-0.15, -0.1) is 0 Å². The Morgan fingerprint density at radius 3 is 2.52 bits per heavy atom. The van der Waals surface area contributed by atoms with Crippen LogP contribution in [0.3, 0.4) is 0 Å². The summed E-state index contributed by atoms with van der Waals surface area (Å²) < 4.78 is 5.04. The number of hydrogen-bond donors (Lipinski definition) is 1. The topological polar surface area (TPSA) is 77.5 Å². The van der Waals surface area contributed by atoms with Crippen LogP contribution >= 0.6 is 0 Å². The first-order valence-electron chi connectivity index (χ1n) is 9.39. The van der Waals surface area contributed by atoms with E-state index in [1.165, 1.54) is 5.56 Å². The summed E-state index contributed by atoms with van der Waals surface area (Å²) in [4.78, 5) is 34.3. The molecule has 0 unspecified atom stereocenters. The van der Waals surface area contributed by atoms with E-state index in [0.29, 0.717) is 38.7 Å². The van der Waals surface area contributed by atoms with Gasteiger partial charge in [-0.2, -0.15) is 0 Å². The summed E-state index contributed by atoms with van der Waals surface area (Å²) in [6.45, 7) is 5.55. The zero-order valence-electron chi connectivity index (χ0n) is 16.0. The molecule has 0 saturated carbocycles. The van der Waals surface area contributed by atoms with Gasteiger partial charge in [-0.05, 0) is 25.0 Å². The van der Waals surface area contributed by atoms with Crippen molar-refractivity contribution in [2.75, 3.05) is 57.8 Å². The van der Waals surface area contributed by atoms with Crippen molar-refractivity contribution >= 4 is 23.6 Å². The standard InChI is InChI=1S/C19H27N5O3/c1-3-27-19(26)23-12-10-22(11-13-23)18(20-2)21-14-17(25)24-9-8-15-6-4-5-7-16(15)24/h4-7H,3,8-14H2,1-2H3,(H,20,21). The average molecular weight is 373 g/mol. The summed E-state index contributed by atoms with van der Waals surface area (Å²) in [5, 5.41) is 3.17. The summed E-state index contributed by atoms with van der Waals surface area (Å²) in [6, 6.07) is 8.02. The van der Waals surface area contributed by atoms with Gasteiger partial charge in [0, 0.05) is 45.5 Å². The first kappa shape index (κ1) is 19.0. The van der Waals surface area contributed by atoms with Gasteiger partial charge < -0.3 is 24.8 Å². The zero-order valence-corrected chi connectivity index (χ0v) is 16.0. The highest BCUT2D eigenvalue weighted by Gasteiger charge is 2.26. The maximum Gasteiger partial charge on any atom is 0.409 e. The van der Waals surface area contributed by atoms with Crippen LogP contribution in [0.4, 0.5) is 10.5 Å². The number of aliphatic imine (C=N–C) groups is 1. The lowest BCUT2D eigenvalue weighted by atomic mass is 10.2. The fourth-order valence-corrected chi connectivity index (χ4v) is 3.50. The second kappa shape index (κ2) is 8.75. The quantitative estimate of drug-likeness (QED) is 0.630. The molecule has 27 heavy (non-hydrogen) atoms. The van der Waals surface area contributed by atoms with Crippen molar-refractivity contribution < 1.29 is 14.3 Å². The van der Waals surface area contributed by atoms with Crippen molar-refractivity contribution in [1.82, 2.24) is 15.1 Å². The molecule has 0 atom stereocenters. The Hall–Kier alpha value is -2.77. The largest absolute Gasteiger partial charge is 0.450 e. The van der Waals surface area contributed by atoms with Crippen LogP contribution in [0.1, 0.15) is 12.5 Å². The van der Waals surface area contributed by atoms with E-state index in [2.05, 4.69) is 21.3 Å². The van der Waals surface area contributed by atoms with Crippen LogP contribution in [0.5, 0.6) is 0 Å². The lowest BCUT2D eigenvalue weighted by molar-refractivity contribution is -0.117. The summed E-state index contributed by atoms with van der Waals surface area (Å²) >= 11 is 0. The first-order chi connectivity index (χ1) is 13.1. The molecule has 2 aliphatic heterocycles. The number of guanidine groups is 1. The molecule has 1 aromatic rings. The SMILES string of the molecule is CCOC(=O)N1CCN(C(=NC)NCC(=O)N2CCc3ccccc32)CC1. The number of carbonyl (C=O) groups excluding carboxylic acids is 2. The van der Waals surface area contributed by atoms with Gasteiger partial charge in [0.15, 0.2) is 5.96 Å². The minimum absolute atomic E-state index is 0.0336. The third-order valence-corrected chi connectivity index (χ3v) is 4.90. The third-order valence-electron chi connectivity index (χ3n) is 4.90. The highest BCUT2D eigenvalue weighted by Crippen LogP contribution is 2.27. The fourth-order valence-electron chi connectivity index (χ4n) is 3.50. The molecule has 3 rings (SSSR count). The molecule has 146 valence electrons. The minimum Gasteiger partial charge on any atom is -0.450 e. The van der Waals surface area contributed by atoms with Gasteiger partial charge in [-0.25, -0.2) is 4.79 Å². The van der Waals surface area contributed by atoms with Crippen LogP contribution in [-0.4, -0.2) is 80.7 Å². The summed E-state index contributed by atoms with van der Waals surface area (Å²) in [6.07, 6.45) is 0.620. The molecule has 2 aliphatic rings. The Morgan fingerprint density at radius 2 is 1.81 bits per heavy atom. The highest BCUT2D eigenvalue weighted by molar-refractivity contribution is 5.98. The number of piperazine rings is 1. The predicted molar refractivity (Wildman–Crippen MR) is 104 cm³/mol. The number of nitrogens with zero attached hydrogens (tertiary/aromatic N) is 4. The second-order valence-electron chi connectivity index (χ2n) is 6.50. The Labute approximate surface area is 159 Å². The Bertz CT molecular complexity index is 713. The van der Waals surface area contributed by atoms with Crippen molar-refractivity contribution in [3.05, 3.63) is 29.8 Å². The van der Waals surface area contributed by atoms with Gasteiger partial charge in [0.25, 0.3) is 0 Å². The number of benzene rings is 1. The van der Waals surface area contributed by atoms with E-state index in [1.54, 1.807) is 18.9 Å². The molecule has 1 N–H and O–H groups in total. The van der Waals surface area contributed by atoms with Crippen LogP contribution in [0.2, 0.25) is 0 Å². The Kier molecular flexibility index (Phi) is 6.16. The molecule has 0 radical (unpaired) electrons. The zero-order chi connectivity index (χ0) is 19.2. The van der Waals surface area contributed by atoms with Crippen molar-refractivity contribution in [2.45, 2.75) is 13.3 Å². The fraction of sp³-hybridized carbons (Fsp3) is 0.526. The van der Waals surface area contributed by atoms with Crippen LogP contribution in [0.25, 0.3) is 0 Å². The predicted octanol–water partition coefficient (Wildman–Crippen LogP) is 0.925. The Morgan fingerprint density at radius 1 is 1.11 bits per heavy atom. The molecule has 0 aliphatic carbocycles. The normalized spacial score (nSPS) is 17.0. The maximum absolute atomic E-state index is 12.6. The molecule has 0 bridgehead atoms. The van der Waals surface area contributed by atoms with E-state index in [1.807, 2.05) is 23.1 Å². The van der Waals surface area contributed by atoms with E-state index < -0.39 is 0 Å². The molecule has 1 aromatic carbocycles. The van der Waals surface area contributed by atoms with Crippen LogP contribution in [-0.2, 0) is 16.0 Å². The number of hydrogen-bond acceptors (Lipinski definition) is 4. The molecule has 1 saturated heterocycles. The van der Waals surface area contributed by atoms with Gasteiger partial charge in [-0.1, -0.05) is 18.2 Å². The molecule has 8 heteroatoms. The number of ether oxygens (including phenoxy) is 1. The lowest BCUT2D eigenvalue weighted by Gasteiger charge is -2.35. The summed E-state index contributed by atoms with van der Waals surface area (Å²) in [5.74, 6) is 0.714. The molecule has 8 nitrogen and oxygen atoms in total. The Balaban J connectivity index is 1.50. The molecule has 2 amide bonds. The minimum atomic E-state index is -0.275. The van der Waals surface area contributed by atoms with Crippen molar-refractivity contribution in [1.29, 1.82) is 0 Å². The van der Waals surface area contributed by atoms with E-state index >= 15 is 0 Å². The van der Waals surface area contributed by atoms with Crippen LogP contribution in [0.15, 0.2) is 29.3 Å². The number of carbonyl (C=O) groups is 2. The van der Waals surface area contributed by atoms with Crippen LogP contribution < -0.4 is 10.2 Å². The van der Waals surface area contributed by atoms with Crippen molar-refractivity contribution in [3.8, 4) is 0 Å². The number of anilines is 1. The highest BCUT2D eigenvalue weighted by atomic mass is 16.6. The van der Waals surface area contributed by atoms with E-state index in [-0.39, 0.29) is 18.5 Å². The third kappa shape index (κ3) is 4.32. The molecule has 2 heterocycles. The van der Waals surface area contributed by atoms with E-state index in [9.17, 15) is 9.59 Å². The molecular weight excluding hydrogens is 346 g/mol. The van der Waals surface area contributed by atoms with Crippen molar-refractivity contribution in [2.24, 2.45) is 4.99 Å². The van der Waals surface area contributed by atoms with E-state index in [0.717, 1.165) is 18.7 Å². The monoisotopic (exact) mass is 373 g/mol. The van der Waals surface area contributed by atoms with Gasteiger partial charge in [0.1, 0.15) is 0 Å². The average Bonchev–Trinajstić information content (AvgIpc) is 3.13. The first-order valence-corrected chi connectivity index (χ1v) is 9.39. The van der Waals surface area contributed by atoms with Gasteiger partial charge in [0.05, 0.1) is 13.2 Å². The van der Waals surface area contributed by atoms with Crippen LogP contribution in [0, 0.1) is 0 Å². The number of para-hydroxylation sites is 1. The molecule has 1 fully saturated rings. The number of amides is 2. The number of fused-ring (bicyclic) bond motifs is 1. The molecular formula is C19H27N5O3. The summed E-state index contributed by atoms with van der Waals surface area (Å²) in [7, 11) is 1.70. The van der Waals surface area contributed by atoms with Gasteiger partial charge in [0.2, 0.25) is 5.91 Å². The molecule has 0 spiro atoms. The number of rotatable bonds is 3.